The zero-order valence-corrected chi connectivity index (χ0v) is 16.2. The van der Waals surface area contributed by atoms with Gasteiger partial charge in [-0.25, -0.2) is 0 Å². The van der Waals surface area contributed by atoms with E-state index in [0.29, 0.717) is 19.8 Å². The van der Waals surface area contributed by atoms with Crippen LogP contribution in [0, 0.1) is 0 Å². The molecule has 150 valence electrons. The van der Waals surface area contributed by atoms with Gasteiger partial charge in [0.25, 0.3) is 0 Å². The lowest BCUT2D eigenvalue weighted by atomic mass is 10.0. The van der Waals surface area contributed by atoms with E-state index in [2.05, 4.69) is 16.0 Å². The molecule has 2 aliphatic heterocycles. The minimum absolute atomic E-state index is 0.215. The molecule has 0 amide bonds. The van der Waals surface area contributed by atoms with Crippen LogP contribution in [0.4, 0.5) is 0 Å². The Balaban J connectivity index is 1.21. The molecule has 2 aromatic carbocycles. The molecule has 0 aliphatic carbocycles. The number of piperidine rings is 1. The topological polar surface area (TPSA) is 64.1 Å². The van der Waals surface area contributed by atoms with Crippen LogP contribution in [0.5, 0.6) is 17.2 Å². The van der Waals surface area contributed by atoms with Crippen LogP contribution < -0.4 is 14.2 Å². The molecule has 0 saturated carbocycles. The van der Waals surface area contributed by atoms with E-state index in [1.165, 1.54) is 0 Å². The van der Waals surface area contributed by atoms with Crippen LogP contribution >= 0.6 is 0 Å². The first kappa shape index (κ1) is 18.2. The number of pyridine rings is 1. The van der Waals surface area contributed by atoms with E-state index in [1.54, 1.807) is 6.20 Å². The van der Waals surface area contributed by atoms with Crippen LogP contribution in [0.1, 0.15) is 12.0 Å². The number of aliphatic hydroxyl groups excluding tert-OH is 1. The number of rotatable bonds is 4. The molecular weight excluding hydrogens is 368 g/mol. The predicted octanol–water partition coefficient (Wildman–Crippen LogP) is 3.02. The molecule has 1 aromatic heterocycles. The smallest absolute Gasteiger partial charge is 0.161 e. The fourth-order valence-electron chi connectivity index (χ4n) is 4.00. The van der Waals surface area contributed by atoms with Gasteiger partial charge in [0.2, 0.25) is 0 Å². The van der Waals surface area contributed by atoms with Gasteiger partial charge in [0.05, 0.1) is 5.52 Å². The molecule has 2 aliphatic rings. The average molecular weight is 392 g/mol. The Morgan fingerprint density at radius 3 is 2.86 bits per heavy atom. The molecule has 6 nitrogen and oxygen atoms in total. The number of aromatic nitrogens is 1. The Morgan fingerprint density at radius 1 is 1.07 bits per heavy atom. The molecule has 0 bridgehead atoms. The van der Waals surface area contributed by atoms with Gasteiger partial charge in [-0.15, -0.1) is 0 Å². The first-order valence-corrected chi connectivity index (χ1v) is 10.0. The van der Waals surface area contributed by atoms with Gasteiger partial charge in [0.15, 0.2) is 11.5 Å². The summed E-state index contributed by atoms with van der Waals surface area (Å²) < 4.78 is 17.3. The Bertz CT molecular complexity index is 1010. The highest BCUT2D eigenvalue weighted by atomic mass is 16.6. The Kier molecular flexibility index (Phi) is 4.96. The zero-order valence-electron chi connectivity index (χ0n) is 16.2. The summed E-state index contributed by atoms with van der Waals surface area (Å²) in [5.74, 6) is 2.36. The highest BCUT2D eigenvalue weighted by molar-refractivity contribution is 5.79. The maximum atomic E-state index is 10.7. The van der Waals surface area contributed by atoms with E-state index in [9.17, 15) is 5.11 Å². The minimum atomic E-state index is -0.541. The second-order valence-corrected chi connectivity index (χ2v) is 7.58. The van der Waals surface area contributed by atoms with Crippen LogP contribution in [0.15, 0.2) is 54.7 Å². The van der Waals surface area contributed by atoms with E-state index < -0.39 is 6.10 Å². The van der Waals surface area contributed by atoms with E-state index >= 15 is 0 Å². The molecule has 2 atom stereocenters. The number of likely N-dealkylation sites (tertiary alicyclic amines) is 1. The molecule has 1 N–H and O–H groups in total. The van der Waals surface area contributed by atoms with Gasteiger partial charge in [-0.2, -0.15) is 0 Å². The summed E-state index contributed by atoms with van der Waals surface area (Å²) in [4.78, 5) is 6.62. The summed E-state index contributed by atoms with van der Waals surface area (Å²) >= 11 is 0. The van der Waals surface area contributed by atoms with Crippen molar-refractivity contribution < 1.29 is 19.3 Å². The summed E-state index contributed by atoms with van der Waals surface area (Å²) in [5.41, 5.74) is 2.05. The largest absolute Gasteiger partial charge is 0.488 e. The molecule has 0 radical (unpaired) electrons. The second-order valence-electron chi connectivity index (χ2n) is 7.58. The fourth-order valence-corrected chi connectivity index (χ4v) is 4.00. The summed E-state index contributed by atoms with van der Waals surface area (Å²) in [6.45, 7) is 3.38. The number of aliphatic hydroxyl groups is 1. The van der Waals surface area contributed by atoms with Gasteiger partial charge < -0.3 is 19.3 Å². The Labute approximate surface area is 169 Å². The highest BCUT2D eigenvalue weighted by Gasteiger charge is 2.29. The van der Waals surface area contributed by atoms with E-state index in [4.69, 9.17) is 14.2 Å². The molecule has 3 heterocycles. The first-order chi connectivity index (χ1) is 14.2. The molecule has 1 saturated heterocycles. The molecule has 29 heavy (non-hydrogen) atoms. The third-order valence-electron chi connectivity index (χ3n) is 5.48. The molecule has 0 unspecified atom stereocenters. The standard InChI is InChI=1S/C23H24N2O4/c26-20-15-25(14-16-3-6-22-23(12-16)28-11-10-27-22)9-7-21(20)29-18-5-4-17-2-1-8-24-19(17)13-18/h1-6,8,12-13,20-21,26H,7,9-11,14-15H2/t20-,21-/m1/s1. The Morgan fingerprint density at radius 2 is 1.97 bits per heavy atom. The van der Waals surface area contributed by atoms with Crippen molar-refractivity contribution >= 4 is 10.9 Å². The van der Waals surface area contributed by atoms with Crippen molar-refractivity contribution in [2.24, 2.45) is 0 Å². The summed E-state index contributed by atoms with van der Waals surface area (Å²) in [6, 6.07) is 15.9. The van der Waals surface area contributed by atoms with Crippen LogP contribution in [-0.2, 0) is 6.54 Å². The maximum Gasteiger partial charge on any atom is 0.161 e. The van der Waals surface area contributed by atoms with Crippen LogP contribution in [0.2, 0.25) is 0 Å². The second kappa shape index (κ2) is 7.89. The van der Waals surface area contributed by atoms with Crippen molar-refractivity contribution in [3.63, 3.8) is 0 Å². The van der Waals surface area contributed by atoms with E-state index in [1.807, 2.05) is 42.5 Å². The molecular formula is C23H24N2O4. The summed E-state index contributed by atoms with van der Waals surface area (Å²) in [5, 5.41) is 11.7. The van der Waals surface area contributed by atoms with Crippen molar-refractivity contribution in [3.05, 3.63) is 60.3 Å². The van der Waals surface area contributed by atoms with E-state index in [-0.39, 0.29) is 6.10 Å². The number of hydrogen-bond acceptors (Lipinski definition) is 6. The maximum absolute atomic E-state index is 10.7. The zero-order chi connectivity index (χ0) is 19.6. The quantitative estimate of drug-likeness (QED) is 0.736. The van der Waals surface area contributed by atoms with Crippen LogP contribution in [0.3, 0.4) is 0 Å². The third-order valence-corrected chi connectivity index (χ3v) is 5.48. The highest BCUT2D eigenvalue weighted by Crippen LogP contribution is 2.31. The van der Waals surface area contributed by atoms with Gasteiger partial charge in [0, 0.05) is 37.3 Å². The van der Waals surface area contributed by atoms with Crippen molar-refractivity contribution in [1.82, 2.24) is 9.88 Å². The normalized spacial score (nSPS) is 21.8. The van der Waals surface area contributed by atoms with Gasteiger partial charge in [-0.1, -0.05) is 12.1 Å². The monoisotopic (exact) mass is 392 g/mol. The lowest BCUT2D eigenvalue weighted by Crippen LogP contribution is -2.48. The molecule has 0 spiro atoms. The number of hydrogen-bond donors (Lipinski definition) is 1. The van der Waals surface area contributed by atoms with Crippen molar-refractivity contribution in [1.29, 1.82) is 0 Å². The molecule has 3 aromatic rings. The lowest BCUT2D eigenvalue weighted by Gasteiger charge is -2.36. The third kappa shape index (κ3) is 3.99. The fraction of sp³-hybridized carbons (Fsp3) is 0.348. The lowest BCUT2D eigenvalue weighted by molar-refractivity contribution is -0.0274. The van der Waals surface area contributed by atoms with Crippen molar-refractivity contribution in [2.75, 3.05) is 26.3 Å². The minimum Gasteiger partial charge on any atom is -0.488 e. The van der Waals surface area contributed by atoms with E-state index in [0.717, 1.165) is 53.2 Å². The predicted molar refractivity (Wildman–Crippen MR) is 109 cm³/mol. The number of fused-ring (bicyclic) bond motifs is 2. The number of benzene rings is 2. The van der Waals surface area contributed by atoms with Crippen molar-refractivity contribution in [2.45, 2.75) is 25.2 Å². The number of nitrogens with zero attached hydrogens (tertiary/aromatic N) is 2. The number of ether oxygens (including phenoxy) is 3. The Hall–Kier alpha value is -2.83. The van der Waals surface area contributed by atoms with Gasteiger partial charge in [-0.05, 0) is 42.3 Å². The van der Waals surface area contributed by atoms with Crippen molar-refractivity contribution in [3.8, 4) is 17.2 Å². The van der Waals surface area contributed by atoms with Gasteiger partial charge in [0.1, 0.15) is 31.2 Å². The first-order valence-electron chi connectivity index (χ1n) is 10.0. The summed E-state index contributed by atoms with van der Waals surface area (Å²) in [7, 11) is 0. The van der Waals surface area contributed by atoms with Crippen LogP contribution in [0.25, 0.3) is 10.9 Å². The molecule has 1 fully saturated rings. The number of β-amino-alcohol motifs (C(OH)–C–C–N with tert-alkyl or cyclic N) is 1. The molecule has 5 rings (SSSR count). The van der Waals surface area contributed by atoms with Crippen LogP contribution in [-0.4, -0.2) is 53.5 Å². The SMILES string of the molecule is O[C@@H]1CN(Cc2ccc3c(c2)OCCO3)CC[C@H]1Oc1ccc2cccnc2c1. The summed E-state index contributed by atoms with van der Waals surface area (Å²) in [6.07, 6.45) is 1.79. The van der Waals surface area contributed by atoms with Gasteiger partial charge in [-0.3, -0.25) is 9.88 Å². The molecule has 6 heteroatoms. The average Bonchev–Trinajstić information content (AvgIpc) is 2.75. The van der Waals surface area contributed by atoms with Gasteiger partial charge >= 0.3 is 0 Å².